The molecule has 1 atom stereocenters. The molecule has 0 aromatic heterocycles. The Labute approximate surface area is 90.3 Å². The quantitative estimate of drug-likeness (QED) is 0.688. The monoisotopic (exact) mass is 226 g/mol. The molecule has 2 rings (SSSR count). The normalized spacial score (nSPS) is 24.0. The minimum atomic E-state index is -1.26. The molecule has 6 heteroatoms. The molecule has 0 amide bonds. The summed E-state index contributed by atoms with van der Waals surface area (Å²) in [6, 6.07) is 0. The van der Waals surface area contributed by atoms with Crippen LogP contribution in [0.3, 0.4) is 0 Å². The SMILES string of the molecule is O=C(O)C1=CN=C2C(Cl)=CC=CN2[C@H]1O. The van der Waals surface area contributed by atoms with Gasteiger partial charge in [0.05, 0.1) is 5.03 Å². The van der Waals surface area contributed by atoms with Crippen LogP contribution < -0.4 is 0 Å². The first-order valence-corrected chi connectivity index (χ1v) is 4.51. The molecule has 0 aromatic rings. The number of rotatable bonds is 1. The third-order valence-corrected chi connectivity index (χ3v) is 2.36. The van der Waals surface area contributed by atoms with Crippen molar-refractivity contribution < 1.29 is 15.0 Å². The van der Waals surface area contributed by atoms with Gasteiger partial charge in [0, 0.05) is 12.4 Å². The topological polar surface area (TPSA) is 73.1 Å². The Bertz CT molecular complexity index is 437. The summed E-state index contributed by atoms with van der Waals surface area (Å²) in [6.07, 6.45) is 4.59. The molecule has 5 nitrogen and oxygen atoms in total. The first-order valence-electron chi connectivity index (χ1n) is 4.13. The van der Waals surface area contributed by atoms with Gasteiger partial charge in [-0.3, -0.25) is 0 Å². The van der Waals surface area contributed by atoms with Gasteiger partial charge in [-0.15, -0.1) is 0 Å². The summed E-state index contributed by atoms with van der Waals surface area (Å²) in [5.41, 5.74) is -0.185. The summed E-state index contributed by atoms with van der Waals surface area (Å²) in [5, 5.41) is 18.8. The number of fused-ring (bicyclic) bond motifs is 1. The number of carboxylic acids is 1. The number of amidine groups is 1. The smallest absolute Gasteiger partial charge is 0.337 e. The summed E-state index contributed by atoms with van der Waals surface area (Å²) in [4.78, 5) is 15.9. The summed E-state index contributed by atoms with van der Waals surface area (Å²) in [7, 11) is 0. The van der Waals surface area contributed by atoms with E-state index in [-0.39, 0.29) is 5.57 Å². The van der Waals surface area contributed by atoms with E-state index in [0.29, 0.717) is 10.9 Å². The van der Waals surface area contributed by atoms with Crippen LogP contribution in [0.2, 0.25) is 0 Å². The highest BCUT2D eigenvalue weighted by molar-refractivity contribution is 6.43. The first kappa shape index (κ1) is 9.95. The van der Waals surface area contributed by atoms with Crippen LogP contribution in [0.5, 0.6) is 0 Å². The van der Waals surface area contributed by atoms with Crippen molar-refractivity contribution in [3.8, 4) is 0 Å². The Morgan fingerprint density at radius 1 is 1.60 bits per heavy atom. The van der Waals surface area contributed by atoms with Crippen molar-refractivity contribution in [2.45, 2.75) is 6.23 Å². The lowest BCUT2D eigenvalue weighted by Gasteiger charge is -2.31. The molecule has 0 saturated carbocycles. The molecular formula is C9H7ClN2O3. The number of aliphatic imine (C=N–C) groups is 1. The molecule has 78 valence electrons. The fourth-order valence-corrected chi connectivity index (χ4v) is 1.55. The second-order valence-electron chi connectivity index (χ2n) is 2.98. The second kappa shape index (κ2) is 3.52. The maximum absolute atomic E-state index is 10.7. The van der Waals surface area contributed by atoms with Gasteiger partial charge in [0.15, 0.2) is 12.1 Å². The van der Waals surface area contributed by atoms with Crippen molar-refractivity contribution >= 4 is 23.4 Å². The summed E-state index contributed by atoms with van der Waals surface area (Å²) >= 11 is 5.83. The number of hydrogen-bond donors (Lipinski definition) is 2. The molecule has 0 fully saturated rings. The number of aliphatic hydroxyl groups excluding tert-OH is 1. The number of carbonyl (C=O) groups is 1. The number of aliphatic carboxylic acids is 1. The van der Waals surface area contributed by atoms with Crippen LogP contribution >= 0.6 is 11.6 Å². The zero-order valence-electron chi connectivity index (χ0n) is 7.46. The Morgan fingerprint density at radius 3 is 3.00 bits per heavy atom. The third-order valence-electron chi connectivity index (χ3n) is 2.06. The van der Waals surface area contributed by atoms with Crippen LogP contribution in [0.1, 0.15) is 0 Å². The van der Waals surface area contributed by atoms with Crippen LogP contribution in [0.4, 0.5) is 0 Å². The van der Waals surface area contributed by atoms with Crippen LogP contribution in [0, 0.1) is 0 Å². The molecule has 0 aromatic carbocycles. The van der Waals surface area contributed by atoms with E-state index >= 15 is 0 Å². The average Bonchev–Trinajstić information content (AvgIpc) is 2.19. The lowest BCUT2D eigenvalue weighted by molar-refractivity contribution is -0.134. The number of nitrogens with zero attached hydrogens (tertiary/aromatic N) is 2. The maximum atomic E-state index is 10.7. The van der Waals surface area contributed by atoms with Gasteiger partial charge in [0.1, 0.15) is 5.57 Å². The number of aliphatic hydroxyl groups is 1. The third kappa shape index (κ3) is 1.55. The highest BCUT2D eigenvalue weighted by Gasteiger charge is 2.31. The Kier molecular flexibility index (Phi) is 2.34. The molecule has 2 heterocycles. The fourth-order valence-electron chi connectivity index (χ4n) is 1.33. The van der Waals surface area contributed by atoms with Gasteiger partial charge >= 0.3 is 5.97 Å². The lowest BCUT2D eigenvalue weighted by atomic mass is 10.1. The number of allylic oxidation sites excluding steroid dienone is 2. The molecule has 2 aliphatic heterocycles. The molecule has 0 bridgehead atoms. The molecule has 2 N–H and O–H groups in total. The minimum Gasteiger partial charge on any atom is -0.478 e. The average molecular weight is 227 g/mol. The van der Waals surface area contributed by atoms with Gasteiger partial charge in [-0.05, 0) is 12.2 Å². The standard InChI is InChI=1S/C9H7ClN2O3/c10-6-2-1-3-12-7(6)11-4-5(8(12)13)9(14)15/h1-4,8,13H,(H,14,15)/t8-/m0/s1. The molecule has 0 aliphatic carbocycles. The van der Waals surface area contributed by atoms with Gasteiger partial charge in [0.25, 0.3) is 0 Å². The van der Waals surface area contributed by atoms with Gasteiger partial charge in [-0.2, -0.15) is 0 Å². The molecule has 0 spiro atoms. The lowest BCUT2D eigenvalue weighted by Crippen LogP contribution is -2.42. The van der Waals surface area contributed by atoms with Crippen LogP contribution in [-0.2, 0) is 4.79 Å². The van der Waals surface area contributed by atoms with Crippen molar-refractivity contribution in [1.82, 2.24) is 4.90 Å². The predicted octanol–water partition coefficient (Wildman–Crippen LogP) is 0.637. The fraction of sp³-hybridized carbons (Fsp3) is 0.111. The molecule has 0 saturated heterocycles. The largest absolute Gasteiger partial charge is 0.478 e. The van der Waals surface area contributed by atoms with Gasteiger partial charge in [-0.25, -0.2) is 9.79 Å². The van der Waals surface area contributed by atoms with Crippen molar-refractivity contribution in [2.75, 3.05) is 0 Å². The zero-order chi connectivity index (χ0) is 11.0. The predicted molar refractivity (Wildman–Crippen MR) is 54.1 cm³/mol. The molecule has 2 aliphatic rings. The minimum absolute atomic E-state index is 0.185. The van der Waals surface area contributed by atoms with Crippen LogP contribution in [0.25, 0.3) is 0 Å². The van der Waals surface area contributed by atoms with Crippen LogP contribution in [-0.4, -0.2) is 33.1 Å². The van der Waals surface area contributed by atoms with Gasteiger partial charge in [-0.1, -0.05) is 11.6 Å². The van der Waals surface area contributed by atoms with E-state index in [4.69, 9.17) is 16.7 Å². The number of carboxylic acid groups (broad SMARTS) is 1. The summed E-state index contributed by atoms with van der Waals surface area (Å²) < 4.78 is 0. The molecule has 0 unspecified atom stereocenters. The highest BCUT2D eigenvalue weighted by Crippen LogP contribution is 2.23. The Balaban J connectivity index is 2.44. The summed E-state index contributed by atoms with van der Waals surface area (Å²) in [6.45, 7) is 0. The van der Waals surface area contributed by atoms with Crippen molar-refractivity contribution in [1.29, 1.82) is 0 Å². The Morgan fingerprint density at radius 2 is 2.33 bits per heavy atom. The molecular weight excluding hydrogens is 220 g/mol. The van der Waals surface area contributed by atoms with E-state index < -0.39 is 12.2 Å². The van der Waals surface area contributed by atoms with Crippen molar-refractivity contribution in [2.24, 2.45) is 4.99 Å². The van der Waals surface area contributed by atoms with E-state index in [1.54, 1.807) is 12.2 Å². The summed E-state index contributed by atoms with van der Waals surface area (Å²) in [5.74, 6) is -0.860. The van der Waals surface area contributed by atoms with Crippen LogP contribution in [0.15, 0.2) is 40.1 Å². The second-order valence-corrected chi connectivity index (χ2v) is 3.39. The van der Waals surface area contributed by atoms with E-state index in [9.17, 15) is 9.90 Å². The zero-order valence-corrected chi connectivity index (χ0v) is 8.22. The number of hydrogen-bond acceptors (Lipinski definition) is 4. The van der Waals surface area contributed by atoms with Gasteiger partial charge < -0.3 is 15.1 Å². The van der Waals surface area contributed by atoms with E-state index in [1.165, 1.54) is 11.1 Å². The maximum Gasteiger partial charge on any atom is 0.337 e. The Hall–Kier alpha value is -1.59. The van der Waals surface area contributed by atoms with Crippen molar-refractivity contribution in [3.63, 3.8) is 0 Å². The van der Waals surface area contributed by atoms with E-state index in [1.807, 2.05) is 0 Å². The number of halogens is 1. The first-order chi connectivity index (χ1) is 7.11. The molecule has 15 heavy (non-hydrogen) atoms. The molecule has 0 radical (unpaired) electrons. The highest BCUT2D eigenvalue weighted by atomic mass is 35.5. The van der Waals surface area contributed by atoms with E-state index in [2.05, 4.69) is 4.99 Å². The van der Waals surface area contributed by atoms with Crippen molar-refractivity contribution in [3.05, 3.63) is 35.2 Å². The van der Waals surface area contributed by atoms with E-state index in [0.717, 1.165) is 6.20 Å². The van der Waals surface area contributed by atoms with Gasteiger partial charge in [0.2, 0.25) is 0 Å².